The van der Waals surface area contributed by atoms with Gasteiger partial charge in [0, 0.05) is 25.3 Å². The summed E-state index contributed by atoms with van der Waals surface area (Å²) >= 11 is 3.54. The van der Waals surface area contributed by atoms with Crippen LogP contribution in [0.3, 0.4) is 0 Å². The Morgan fingerprint density at radius 2 is 2.29 bits per heavy atom. The molecule has 1 fully saturated rings. The van der Waals surface area contributed by atoms with Gasteiger partial charge in [0.1, 0.15) is 5.82 Å². The Balaban J connectivity index is 2.27. The van der Waals surface area contributed by atoms with Crippen molar-refractivity contribution in [1.29, 1.82) is 0 Å². The Hall–Kier alpha value is -0.840. The third kappa shape index (κ3) is 2.70. The first-order valence-electron chi connectivity index (χ1n) is 6.14. The Labute approximate surface area is 111 Å². The van der Waals surface area contributed by atoms with Crippen molar-refractivity contribution in [2.75, 3.05) is 23.3 Å². The van der Waals surface area contributed by atoms with E-state index in [0.29, 0.717) is 12.0 Å². The summed E-state index contributed by atoms with van der Waals surface area (Å²) in [7, 11) is 0. The Bertz CT molecular complexity index is 396. The Morgan fingerprint density at radius 3 is 2.88 bits per heavy atom. The summed E-state index contributed by atoms with van der Waals surface area (Å²) in [5.74, 6) is 2.44. The van der Waals surface area contributed by atoms with Gasteiger partial charge in [0.2, 0.25) is 5.95 Å². The highest BCUT2D eigenvalue weighted by Gasteiger charge is 2.28. The first-order valence-corrected chi connectivity index (χ1v) is 6.94. The molecule has 2 atom stereocenters. The van der Waals surface area contributed by atoms with E-state index in [-0.39, 0.29) is 0 Å². The molecule has 0 spiro atoms. The van der Waals surface area contributed by atoms with Gasteiger partial charge in [0.05, 0.1) is 4.47 Å². The van der Waals surface area contributed by atoms with Gasteiger partial charge in [0.15, 0.2) is 0 Å². The third-order valence-electron chi connectivity index (χ3n) is 3.12. The molecule has 4 nitrogen and oxygen atoms in total. The standard InChI is InChI=1S/C12H19BrN4/c1-4-14-12-15-6-10(13)11(16-12)17-7-8(2)5-9(17)3/h6,8-9H,4-5,7H2,1-3H3,(H,14,15,16). The second-order valence-corrected chi connectivity index (χ2v) is 5.59. The molecule has 0 radical (unpaired) electrons. The Kier molecular flexibility index (Phi) is 3.86. The number of halogens is 1. The molecule has 94 valence electrons. The van der Waals surface area contributed by atoms with Gasteiger partial charge in [-0.25, -0.2) is 4.98 Å². The zero-order chi connectivity index (χ0) is 12.4. The average molecular weight is 299 g/mol. The highest BCUT2D eigenvalue weighted by Crippen LogP contribution is 2.32. The molecule has 0 saturated carbocycles. The molecule has 0 amide bonds. The fraction of sp³-hybridized carbons (Fsp3) is 0.667. The molecule has 17 heavy (non-hydrogen) atoms. The highest BCUT2D eigenvalue weighted by atomic mass is 79.9. The maximum absolute atomic E-state index is 4.59. The molecule has 1 aromatic heterocycles. The topological polar surface area (TPSA) is 41.1 Å². The van der Waals surface area contributed by atoms with Crippen LogP contribution in [0.1, 0.15) is 27.2 Å². The number of hydrogen-bond acceptors (Lipinski definition) is 4. The predicted octanol–water partition coefficient (Wildman–Crippen LogP) is 2.91. The summed E-state index contributed by atoms with van der Waals surface area (Å²) in [6, 6.07) is 0.547. The van der Waals surface area contributed by atoms with Crippen LogP contribution in [0.4, 0.5) is 11.8 Å². The third-order valence-corrected chi connectivity index (χ3v) is 3.68. The van der Waals surface area contributed by atoms with E-state index in [2.05, 4.69) is 50.0 Å². The summed E-state index contributed by atoms with van der Waals surface area (Å²) < 4.78 is 0.972. The van der Waals surface area contributed by atoms with Crippen LogP contribution in [0.25, 0.3) is 0 Å². The van der Waals surface area contributed by atoms with E-state index in [1.165, 1.54) is 6.42 Å². The van der Waals surface area contributed by atoms with Crippen LogP contribution in [-0.4, -0.2) is 29.1 Å². The largest absolute Gasteiger partial charge is 0.354 e. The van der Waals surface area contributed by atoms with Crippen LogP contribution in [0.15, 0.2) is 10.7 Å². The van der Waals surface area contributed by atoms with Crippen molar-refractivity contribution in [1.82, 2.24) is 9.97 Å². The fourth-order valence-electron chi connectivity index (χ4n) is 2.40. The fourth-order valence-corrected chi connectivity index (χ4v) is 2.82. The van der Waals surface area contributed by atoms with Crippen molar-refractivity contribution in [2.45, 2.75) is 33.2 Å². The summed E-state index contributed by atoms with van der Waals surface area (Å²) in [5, 5.41) is 3.15. The SMILES string of the molecule is CCNc1ncc(Br)c(N2CC(C)CC2C)n1. The Morgan fingerprint density at radius 1 is 1.53 bits per heavy atom. The van der Waals surface area contributed by atoms with E-state index in [0.717, 1.165) is 29.3 Å². The van der Waals surface area contributed by atoms with E-state index in [1.807, 2.05) is 13.1 Å². The van der Waals surface area contributed by atoms with Crippen LogP contribution >= 0.6 is 15.9 Å². The number of nitrogens with one attached hydrogen (secondary N) is 1. The van der Waals surface area contributed by atoms with Gasteiger partial charge in [0.25, 0.3) is 0 Å². The van der Waals surface area contributed by atoms with Crippen LogP contribution in [0, 0.1) is 5.92 Å². The predicted molar refractivity (Wildman–Crippen MR) is 74.5 cm³/mol. The van der Waals surface area contributed by atoms with Crippen molar-refractivity contribution in [3.8, 4) is 0 Å². The van der Waals surface area contributed by atoms with E-state index >= 15 is 0 Å². The van der Waals surface area contributed by atoms with Gasteiger partial charge < -0.3 is 10.2 Å². The normalized spacial score (nSPS) is 24.1. The highest BCUT2D eigenvalue weighted by molar-refractivity contribution is 9.10. The molecule has 2 rings (SSSR count). The molecular weight excluding hydrogens is 280 g/mol. The first kappa shape index (κ1) is 12.6. The molecule has 0 bridgehead atoms. The minimum Gasteiger partial charge on any atom is -0.354 e. The summed E-state index contributed by atoms with van der Waals surface area (Å²) in [4.78, 5) is 11.2. The zero-order valence-electron chi connectivity index (χ0n) is 10.6. The number of anilines is 2. The lowest BCUT2D eigenvalue weighted by atomic mass is 10.1. The van der Waals surface area contributed by atoms with Crippen molar-refractivity contribution in [2.24, 2.45) is 5.92 Å². The molecule has 1 N–H and O–H groups in total. The molecule has 5 heteroatoms. The van der Waals surface area contributed by atoms with E-state index in [4.69, 9.17) is 0 Å². The molecule has 2 unspecified atom stereocenters. The molecule has 1 saturated heterocycles. The summed E-state index contributed by atoms with van der Waals surface area (Å²) in [6.45, 7) is 8.50. The average Bonchev–Trinajstić information content (AvgIpc) is 2.61. The maximum atomic E-state index is 4.59. The van der Waals surface area contributed by atoms with Crippen LogP contribution in [0.5, 0.6) is 0 Å². The lowest BCUT2D eigenvalue weighted by molar-refractivity contribution is 0.625. The second-order valence-electron chi connectivity index (χ2n) is 4.74. The summed E-state index contributed by atoms with van der Waals surface area (Å²) in [5.41, 5.74) is 0. The van der Waals surface area contributed by atoms with E-state index < -0.39 is 0 Å². The molecule has 0 aromatic carbocycles. The first-order chi connectivity index (χ1) is 8.11. The smallest absolute Gasteiger partial charge is 0.224 e. The van der Waals surface area contributed by atoms with Crippen molar-refractivity contribution < 1.29 is 0 Å². The number of nitrogens with zero attached hydrogens (tertiary/aromatic N) is 3. The molecule has 1 aliphatic rings. The van der Waals surface area contributed by atoms with Gasteiger partial charge in [-0.2, -0.15) is 4.98 Å². The monoisotopic (exact) mass is 298 g/mol. The van der Waals surface area contributed by atoms with Crippen molar-refractivity contribution >= 4 is 27.7 Å². The quantitative estimate of drug-likeness (QED) is 0.932. The molecular formula is C12H19BrN4. The van der Waals surface area contributed by atoms with Crippen LogP contribution < -0.4 is 10.2 Å². The van der Waals surface area contributed by atoms with Gasteiger partial charge in [-0.1, -0.05) is 6.92 Å². The van der Waals surface area contributed by atoms with Crippen LogP contribution in [-0.2, 0) is 0 Å². The van der Waals surface area contributed by atoms with Gasteiger partial charge in [-0.3, -0.25) is 0 Å². The van der Waals surface area contributed by atoms with Gasteiger partial charge in [-0.15, -0.1) is 0 Å². The number of hydrogen-bond donors (Lipinski definition) is 1. The lowest BCUT2D eigenvalue weighted by Crippen LogP contribution is -2.28. The molecule has 1 aliphatic heterocycles. The van der Waals surface area contributed by atoms with Gasteiger partial charge in [-0.05, 0) is 42.1 Å². The van der Waals surface area contributed by atoms with Crippen LogP contribution in [0.2, 0.25) is 0 Å². The van der Waals surface area contributed by atoms with Gasteiger partial charge >= 0.3 is 0 Å². The molecule has 0 aliphatic carbocycles. The van der Waals surface area contributed by atoms with E-state index in [1.54, 1.807) is 0 Å². The van der Waals surface area contributed by atoms with Crippen molar-refractivity contribution in [3.63, 3.8) is 0 Å². The molecule has 2 heterocycles. The minimum absolute atomic E-state index is 0.547. The second kappa shape index (κ2) is 5.21. The number of aromatic nitrogens is 2. The van der Waals surface area contributed by atoms with E-state index in [9.17, 15) is 0 Å². The lowest BCUT2D eigenvalue weighted by Gasteiger charge is -2.24. The molecule has 1 aromatic rings. The minimum atomic E-state index is 0.547. The van der Waals surface area contributed by atoms with Crippen molar-refractivity contribution in [3.05, 3.63) is 10.7 Å². The number of rotatable bonds is 3. The summed E-state index contributed by atoms with van der Waals surface area (Å²) in [6.07, 6.45) is 3.06. The maximum Gasteiger partial charge on any atom is 0.224 e. The zero-order valence-corrected chi connectivity index (χ0v) is 12.2.